The van der Waals surface area contributed by atoms with Gasteiger partial charge in [0.05, 0.1) is 0 Å². The molecular weight excluding hydrogens is 326 g/mol. The van der Waals surface area contributed by atoms with Crippen LogP contribution in [0.5, 0.6) is 0 Å². The quantitative estimate of drug-likeness (QED) is 0.882. The second-order valence-corrected chi connectivity index (χ2v) is 5.83. The van der Waals surface area contributed by atoms with Gasteiger partial charge >= 0.3 is 5.97 Å². The summed E-state index contributed by atoms with van der Waals surface area (Å²) in [5, 5.41) is 12.1. The molecule has 5 nitrogen and oxygen atoms in total. The monoisotopic (exact) mass is 341 g/mol. The lowest BCUT2D eigenvalue weighted by Crippen LogP contribution is -2.57. The summed E-state index contributed by atoms with van der Waals surface area (Å²) in [5.74, 6) is -1.37. The van der Waals surface area contributed by atoms with Crippen molar-refractivity contribution in [3.05, 3.63) is 33.8 Å². The van der Waals surface area contributed by atoms with E-state index in [4.69, 9.17) is 4.74 Å². The van der Waals surface area contributed by atoms with Crippen LogP contribution in [0.2, 0.25) is 0 Å². The Bertz CT molecular complexity index is 538. The fraction of sp³-hybridized carbons (Fsp3) is 0.429. The standard InChI is InChI=1S/C14H16BrNO4/c1-9-8-10(15)2-3-11(9)12(17)16-14(13(18)19)4-6-20-7-5-14/h2-3,8H,4-7H2,1H3,(H,16,17)(H,18,19). The molecule has 0 atom stereocenters. The summed E-state index contributed by atoms with van der Waals surface area (Å²) < 4.78 is 6.06. The van der Waals surface area contributed by atoms with E-state index in [1.165, 1.54) is 0 Å². The third-order valence-electron chi connectivity index (χ3n) is 3.54. The zero-order valence-electron chi connectivity index (χ0n) is 11.1. The molecule has 0 radical (unpaired) electrons. The third kappa shape index (κ3) is 3.02. The maximum absolute atomic E-state index is 12.3. The van der Waals surface area contributed by atoms with Gasteiger partial charge in [0.25, 0.3) is 5.91 Å². The van der Waals surface area contributed by atoms with Crippen molar-refractivity contribution in [1.29, 1.82) is 0 Å². The Morgan fingerprint density at radius 1 is 1.35 bits per heavy atom. The maximum Gasteiger partial charge on any atom is 0.329 e. The number of aliphatic carboxylic acids is 1. The molecule has 6 heteroatoms. The average Bonchev–Trinajstić information content (AvgIpc) is 2.39. The van der Waals surface area contributed by atoms with Gasteiger partial charge in [0.1, 0.15) is 5.54 Å². The normalized spacial score (nSPS) is 17.5. The first kappa shape index (κ1) is 15.0. The number of carbonyl (C=O) groups is 2. The van der Waals surface area contributed by atoms with Crippen LogP contribution in [0.25, 0.3) is 0 Å². The zero-order chi connectivity index (χ0) is 14.8. The van der Waals surface area contributed by atoms with E-state index in [0.717, 1.165) is 10.0 Å². The van der Waals surface area contributed by atoms with Crippen molar-refractivity contribution >= 4 is 27.8 Å². The van der Waals surface area contributed by atoms with Crippen molar-refractivity contribution in [3.63, 3.8) is 0 Å². The molecule has 0 unspecified atom stereocenters. The van der Waals surface area contributed by atoms with Crippen molar-refractivity contribution in [2.75, 3.05) is 13.2 Å². The van der Waals surface area contributed by atoms with Gasteiger partial charge in [-0.1, -0.05) is 15.9 Å². The Labute approximate surface area is 125 Å². The second-order valence-electron chi connectivity index (χ2n) is 4.91. The predicted octanol–water partition coefficient (Wildman–Crippen LogP) is 2.12. The van der Waals surface area contributed by atoms with Crippen LogP contribution in [0.1, 0.15) is 28.8 Å². The van der Waals surface area contributed by atoms with Crippen LogP contribution in [0.3, 0.4) is 0 Å². The minimum atomic E-state index is -1.23. The van der Waals surface area contributed by atoms with Crippen molar-refractivity contribution in [2.24, 2.45) is 0 Å². The van der Waals surface area contributed by atoms with Gasteiger partial charge in [-0.3, -0.25) is 4.79 Å². The first-order valence-electron chi connectivity index (χ1n) is 6.34. The van der Waals surface area contributed by atoms with Crippen molar-refractivity contribution in [1.82, 2.24) is 5.32 Å². The number of rotatable bonds is 3. The summed E-state index contributed by atoms with van der Waals surface area (Å²) >= 11 is 3.34. The van der Waals surface area contributed by atoms with E-state index < -0.39 is 11.5 Å². The Kier molecular flexibility index (Phi) is 4.45. The van der Waals surface area contributed by atoms with Crippen LogP contribution in [-0.2, 0) is 9.53 Å². The molecule has 2 N–H and O–H groups in total. The van der Waals surface area contributed by atoms with Crippen molar-refractivity contribution in [2.45, 2.75) is 25.3 Å². The molecule has 0 bridgehead atoms. The Morgan fingerprint density at radius 3 is 2.55 bits per heavy atom. The number of halogens is 1. The molecule has 1 aliphatic heterocycles. The smallest absolute Gasteiger partial charge is 0.329 e. The largest absolute Gasteiger partial charge is 0.480 e. The molecular formula is C14H16BrNO4. The highest BCUT2D eigenvalue weighted by molar-refractivity contribution is 9.10. The van der Waals surface area contributed by atoms with Gasteiger partial charge in [0.15, 0.2) is 0 Å². The molecule has 1 aliphatic rings. The molecule has 0 aromatic heterocycles. The van der Waals surface area contributed by atoms with E-state index in [2.05, 4.69) is 21.2 Å². The highest BCUT2D eigenvalue weighted by atomic mass is 79.9. The van der Waals surface area contributed by atoms with Crippen LogP contribution in [-0.4, -0.2) is 35.7 Å². The molecule has 2 rings (SSSR count). The van der Waals surface area contributed by atoms with Crippen LogP contribution in [0, 0.1) is 6.92 Å². The van der Waals surface area contributed by atoms with Crippen LogP contribution in [0.4, 0.5) is 0 Å². The highest BCUT2D eigenvalue weighted by Crippen LogP contribution is 2.23. The van der Waals surface area contributed by atoms with E-state index in [1.54, 1.807) is 12.1 Å². The molecule has 1 amide bonds. The lowest BCUT2D eigenvalue weighted by Gasteiger charge is -2.34. The van der Waals surface area contributed by atoms with E-state index >= 15 is 0 Å². The number of nitrogens with one attached hydrogen (secondary N) is 1. The van der Waals surface area contributed by atoms with Gasteiger partial charge < -0.3 is 15.2 Å². The lowest BCUT2D eigenvalue weighted by molar-refractivity contribution is -0.148. The van der Waals surface area contributed by atoms with Gasteiger partial charge in [-0.25, -0.2) is 4.79 Å². The van der Waals surface area contributed by atoms with Gasteiger partial charge in [-0.2, -0.15) is 0 Å². The maximum atomic E-state index is 12.3. The van der Waals surface area contributed by atoms with Crippen molar-refractivity contribution < 1.29 is 19.4 Å². The molecule has 0 saturated carbocycles. The minimum absolute atomic E-state index is 0.281. The molecule has 1 saturated heterocycles. The summed E-state index contributed by atoms with van der Waals surface area (Å²) in [6.45, 7) is 2.49. The van der Waals surface area contributed by atoms with Crippen LogP contribution >= 0.6 is 15.9 Å². The van der Waals surface area contributed by atoms with Gasteiger partial charge in [0, 0.05) is 36.1 Å². The fourth-order valence-electron chi connectivity index (χ4n) is 2.28. The van der Waals surface area contributed by atoms with Gasteiger partial charge in [-0.05, 0) is 30.7 Å². The molecule has 0 spiro atoms. The minimum Gasteiger partial charge on any atom is -0.480 e. The number of ether oxygens (including phenoxy) is 1. The molecule has 1 fully saturated rings. The summed E-state index contributed by atoms with van der Waals surface area (Å²) in [5.41, 5.74) is 0.0549. The number of carbonyl (C=O) groups excluding carboxylic acids is 1. The number of amides is 1. The molecule has 108 valence electrons. The first-order chi connectivity index (χ1) is 9.44. The van der Waals surface area contributed by atoms with E-state index in [0.29, 0.717) is 18.8 Å². The van der Waals surface area contributed by atoms with Crippen LogP contribution in [0.15, 0.2) is 22.7 Å². The van der Waals surface area contributed by atoms with E-state index in [-0.39, 0.29) is 18.7 Å². The predicted molar refractivity (Wildman–Crippen MR) is 76.8 cm³/mol. The molecule has 1 aromatic rings. The second kappa shape index (κ2) is 5.93. The van der Waals surface area contributed by atoms with E-state index in [9.17, 15) is 14.7 Å². The molecule has 0 aliphatic carbocycles. The van der Waals surface area contributed by atoms with E-state index in [1.807, 2.05) is 13.0 Å². The molecule has 1 aromatic carbocycles. The molecule has 20 heavy (non-hydrogen) atoms. The van der Waals surface area contributed by atoms with Gasteiger partial charge in [0.2, 0.25) is 0 Å². The number of carboxylic acid groups (broad SMARTS) is 1. The summed E-state index contributed by atoms with van der Waals surface area (Å²) in [6, 6.07) is 5.27. The number of hydrogen-bond acceptors (Lipinski definition) is 3. The SMILES string of the molecule is Cc1cc(Br)ccc1C(=O)NC1(C(=O)O)CCOCC1. The Morgan fingerprint density at radius 2 is 2.00 bits per heavy atom. The van der Waals surface area contributed by atoms with Gasteiger partial charge in [-0.15, -0.1) is 0 Å². The topological polar surface area (TPSA) is 75.6 Å². The number of benzene rings is 1. The first-order valence-corrected chi connectivity index (χ1v) is 7.14. The third-order valence-corrected chi connectivity index (χ3v) is 4.03. The summed E-state index contributed by atoms with van der Waals surface area (Å²) in [6.07, 6.45) is 0.563. The number of aryl methyl sites for hydroxylation is 1. The van der Waals surface area contributed by atoms with Crippen LogP contribution < -0.4 is 5.32 Å². The zero-order valence-corrected chi connectivity index (χ0v) is 12.7. The Balaban J connectivity index is 2.22. The van der Waals surface area contributed by atoms with Crippen molar-refractivity contribution in [3.8, 4) is 0 Å². The average molecular weight is 342 g/mol. The molecule has 1 heterocycles. The summed E-state index contributed by atoms with van der Waals surface area (Å²) in [7, 11) is 0. The number of hydrogen-bond donors (Lipinski definition) is 2. The lowest BCUT2D eigenvalue weighted by atomic mass is 9.89. The number of carboxylic acids is 1. The Hall–Kier alpha value is -1.40. The summed E-state index contributed by atoms with van der Waals surface area (Å²) in [4.78, 5) is 23.8. The highest BCUT2D eigenvalue weighted by Gasteiger charge is 2.41. The fourth-order valence-corrected chi connectivity index (χ4v) is 2.75.